The summed E-state index contributed by atoms with van der Waals surface area (Å²) in [7, 11) is 0. The molecule has 0 amide bonds. The molecule has 1 aliphatic rings. The lowest BCUT2D eigenvalue weighted by Gasteiger charge is -2.17. The second kappa shape index (κ2) is 4.69. The predicted octanol–water partition coefficient (Wildman–Crippen LogP) is -0.326. The van der Waals surface area contributed by atoms with Crippen LogP contribution in [0.5, 0.6) is 0 Å². The van der Waals surface area contributed by atoms with Crippen LogP contribution >= 0.6 is 11.3 Å². The quantitative estimate of drug-likeness (QED) is 0.702. The van der Waals surface area contributed by atoms with E-state index in [2.05, 4.69) is 0 Å². The minimum absolute atomic E-state index is 0.284. The van der Waals surface area contributed by atoms with E-state index in [9.17, 15) is 15.0 Å². The highest BCUT2D eigenvalue weighted by molar-refractivity contribution is 7.17. The highest BCUT2D eigenvalue weighted by Crippen LogP contribution is 2.29. The zero-order valence-electron chi connectivity index (χ0n) is 9.84. The number of hydrogen-bond acceptors (Lipinski definition) is 6. The summed E-state index contributed by atoms with van der Waals surface area (Å²) in [5.41, 5.74) is -0.284. The van der Waals surface area contributed by atoms with Gasteiger partial charge < -0.3 is 20.1 Å². The van der Waals surface area contributed by atoms with Crippen LogP contribution in [0.1, 0.15) is 6.23 Å². The van der Waals surface area contributed by atoms with Crippen LogP contribution in [0.15, 0.2) is 28.5 Å². The molecule has 0 saturated carbocycles. The molecule has 2 aromatic heterocycles. The smallest absolute Gasteiger partial charge is 0.261 e. The van der Waals surface area contributed by atoms with E-state index in [4.69, 9.17) is 9.84 Å². The molecule has 102 valence electrons. The first-order valence-corrected chi connectivity index (χ1v) is 6.72. The Balaban J connectivity index is 2.05. The van der Waals surface area contributed by atoms with E-state index >= 15 is 0 Å². The van der Waals surface area contributed by atoms with Crippen molar-refractivity contribution in [2.75, 3.05) is 6.61 Å². The number of fused-ring (bicyclic) bond motifs is 1. The maximum absolute atomic E-state index is 12.3. The third kappa shape index (κ3) is 1.90. The van der Waals surface area contributed by atoms with Crippen LogP contribution in [0.2, 0.25) is 0 Å². The fourth-order valence-corrected chi connectivity index (χ4v) is 3.06. The number of rotatable bonds is 2. The van der Waals surface area contributed by atoms with E-state index in [0.717, 1.165) is 4.70 Å². The maximum Gasteiger partial charge on any atom is 0.261 e. The van der Waals surface area contributed by atoms with Crippen molar-refractivity contribution >= 4 is 21.4 Å². The van der Waals surface area contributed by atoms with Gasteiger partial charge in [-0.15, -0.1) is 11.3 Å². The van der Waals surface area contributed by atoms with E-state index in [1.165, 1.54) is 22.1 Å². The van der Waals surface area contributed by atoms with Gasteiger partial charge in [0.25, 0.3) is 5.56 Å². The van der Waals surface area contributed by atoms with E-state index < -0.39 is 31.1 Å². The van der Waals surface area contributed by atoms with Crippen LogP contribution in [0.3, 0.4) is 0 Å². The van der Waals surface area contributed by atoms with Gasteiger partial charge in [0.1, 0.15) is 18.3 Å². The number of pyridine rings is 1. The van der Waals surface area contributed by atoms with Gasteiger partial charge in [-0.05, 0) is 17.5 Å². The minimum Gasteiger partial charge on any atom is -0.394 e. The van der Waals surface area contributed by atoms with Gasteiger partial charge >= 0.3 is 0 Å². The Kier molecular flexibility index (Phi) is 3.15. The molecule has 3 rings (SSSR count). The fourth-order valence-electron chi connectivity index (χ4n) is 2.29. The van der Waals surface area contributed by atoms with E-state index in [1.807, 2.05) is 5.38 Å². The van der Waals surface area contributed by atoms with Crippen LogP contribution in [0, 0.1) is 0 Å². The fraction of sp³-hybridized carbons (Fsp3) is 0.417. The Morgan fingerprint density at radius 2 is 2.11 bits per heavy atom. The molecule has 6 nitrogen and oxygen atoms in total. The van der Waals surface area contributed by atoms with Gasteiger partial charge in [0.15, 0.2) is 6.23 Å². The van der Waals surface area contributed by atoms with Crippen molar-refractivity contribution in [3.63, 3.8) is 0 Å². The number of nitrogens with zero attached hydrogens (tertiary/aromatic N) is 1. The molecule has 0 bridgehead atoms. The van der Waals surface area contributed by atoms with Crippen molar-refractivity contribution in [3.05, 3.63) is 34.1 Å². The lowest BCUT2D eigenvalue weighted by atomic mass is 10.1. The molecule has 3 heterocycles. The summed E-state index contributed by atoms with van der Waals surface area (Å²) >= 11 is 1.45. The Morgan fingerprint density at radius 1 is 1.32 bits per heavy atom. The van der Waals surface area contributed by atoms with Crippen molar-refractivity contribution in [2.24, 2.45) is 0 Å². The second-order valence-corrected chi connectivity index (χ2v) is 5.40. The van der Waals surface area contributed by atoms with E-state index in [1.54, 1.807) is 12.1 Å². The van der Waals surface area contributed by atoms with Crippen molar-refractivity contribution in [3.8, 4) is 0 Å². The molecule has 1 fully saturated rings. The number of aliphatic hydroxyl groups excluding tert-OH is 3. The summed E-state index contributed by atoms with van der Waals surface area (Å²) in [5, 5.41) is 31.0. The van der Waals surface area contributed by atoms with Gasteiger partial charge in [0.2, 0.25) is 0 Å². The first-order chi connectivity index (χ1) is 9.13. The molecule has 0 unspecified atom stereocenters. The number of thiophene rings is 1. The zero-order chi connectivity index (χ0) is 13.6. The second-order valence-electron chi connectivity index (χ2n) is 4.46. The average molecular weight is 283 g/mol. The SMILES string of the molecule is O=c1c2ccsc2ccn1[C@@H]1O[C@H](CO)[C@@H](O)[C@@H]1O. The van der Waals surface area contributed by atoms with Crippen molar-refractivity contribution in [2.45, 2.75) is 24.5 Å². The van der Waals surface area contributed by atoms with Gasteiger partial charge in [-0.1, -0.05) is 0 Å². The predicted molar refractivity (Wildman–Crippen MR) is 69.1 cm³/mol. The van der Waals surface area contributed by atoms with Crippen LogP contribution in [0.25, 0.3) is 10.1 Å². The molecule has 0 spiro atoms. The molecule has 19 heavy (non-hydrogen) atoms. The number of hydrogen-bond donors (Lipinski definition) is 3. The standard InChI is InChI=1S/C12H13NO5S/c14-5-7-9(15)10(16)12(18-7)13-3-1-8-6(11(13)17)2-4-19-8/h1-4,7,9-10,12,14-16H,5H2/t7-,9-,10+,12-/m1/s1. The summed E-state index contributed by atoms with van der Waals surface area (Å²) in [6.07, 6.45) is -2.79. The molecule has 2 aromatic rings. The Hall–Kier alpha value is -1.25. The van der Waals surface area contributed by atoms with Crippen LogP contribution < -0.4 is 5.56 Å². The number of aromatic nitrogens is 1. The first kappa shape index (κ1) is 12.8. The lowest BCUT2D eigenvalue weighted by molar-refractivity contribution is -0.0541. The Morgan fingerprint density at radius 3 is 2.79 bits per heavy atom. The zero-order valence-corrected chi connectivity index (χ0v) is 10.7. The highest BCUT2D eigenvalue weighted by Gasteiger charge is 2.43. The van der Waals surface area contributed by atoms with E-state index in [-0.39, 0.29) is 5.56 Å². The summed E-state index contributed by atoms with van der Waals surface area (Å²) in [6.45, 7) is -0.413. The van der Waals surface area contributed by atoms with Crippen LogP contribution in [0.4, 0.5) is 0 Å². The number of ether oxygens (including phenoxy) is 1. The van der Waals surface area contributed by atoms with Gasteiger partial charge in [0, 0.05) is 10.9 Å². The average Bonchev–Trinajstić information content (AvgIpc) is 2.98. The van der Waals surface area contributed by atoms with Gasteiger partial charge in [-0.2, -0.15) is 0 Å². The molecule has 1 saturated heterocycles. The monoisotopic (exact) mass is 283 g/mol. The molecule has 3 N–H and O–H groups in total. The molecule has 0 aliphatic carbocycles. The molecular weight excluding hydrogens is 270 g/mol. The largest absolute Gasteiger partial charge is 0.394 e. The first-order valence-electron chi connectivity index (χ1n) is 5.84. The minimum atomic E-state index is -1.24. The molecule has 0 radical (unpaired) electrons. The third-order valence-corrected chi connectivity index (χ3v) is 4.22. The summed E-state index contributed by atoms with van der Waals surface area (Å²) in [6, 6.07) is 3.47. The van der Waals surface area contributed by atoms with Crippen molar-refractivity contribution < 1.29 is 20.1 Å². The molecular formula is C12H13NO5S. The lowest BCUT2D eigenvalue weighted by Crippen LogP contribution is -2.35. The summed E-state index contributed by atoms with van der Waals surface area (Å²) in [5.74, 6) is 0. The molecule has 7 heteroatoms. The summed E-state index contributed by atoms with van der Waals surface area (Å²) in [4.78, 5) is 12.3. The molecule has 4 atom stereocenters. The Labute approximate surface area is 112 Å². The third-order valence-electron chi connectivity index (χ3n) is 3.34. The molecule has 0 aromatic carbocycles. The van der Waals surface area contributed by atoms with Gasteiger partial charge in [-0.25, -0.2) is 0 Å². The Bertz CT molecular complexity index is 651. The topological polar surface area (TPSA) is 91.9 Å². The summed E-state index contributed by atoms with van der Waals surface area (Å²) < 4.78 is 7.45. The van der Waals surface area contributed by atoms with E-state index in [0.29, 0.717) is 5.39 Å². The number of aliphatic hydroxyl groups is 3. The van der Waals surface area contributed by atoms with Crippen molar-refractivity contribution in [1.29, 1.82) is 0 Å². The van der Waals surface area contributed by atoms with Gasteiger partial charge in [0.05, 0.1) is 12.0 Å². The van der Waals surface area contributed by atoms with Gasteiger partial charge in [-0.3, -0.25) is 9.36 Å². The van der Waals surface area contributed by atoms with Crippen molar-refractivity contribution in [1.82, 2.24) is 4.57 Å². The molecule has 1 aliphatic heterocycles. The highest BCUT2D eigenvalue weighted by atomic mass is 32.1. The van der Waals surface area contributed by atoms with Crippen LogP contribution in [-0.2, 0) is 4.74 Å². The van der Waals surface area contributed by atoms with Crippen LogP contribution in [-0.4, -0.2) is 44.8 Å². The normalized spacial score (nSPS) is 31.1. The maximum atomic E-state index is 12.3.